The second-order valence-electron chi connectivity index (χ2n) is 2.14. The SMILES string of the molecule is O=S(=O)(CC(F)(F)F)Nc1nnns1. The Bertz CT molecular complexity index is 384. The fourth-order valence-corrected chi connectivity index (χ4v) is 2.12. The van der Waals surface area contributed by atoms with Crippen LogP contribution in [0.5, 0.6) is 0 Å². The third kappa shape index (κ3) is 3.83. The van der Waals surface area contributed by atoms with Crippen LogP contribution in [0, 0.1) is 0 Å². The number of aromatic nitrogens is 3. The maximum absolute atomic E-state index is 11.7. The zero-order valence-electron chi connectivity index (χ0n) is 6.32. The Balaban J connectivity index is 2.69. The Hall–Kier alpha value is -0.970. The summed E-state index contributed by atoms with van der Waals surface area (Å²) in [4.78, 5) is 0. The third-order valence-electron chi connectivity index (χ3n) is 0.896. The maximum Gasteiger partial charge on any atom is 0.404 e. The lowest BCUT2D eigenvalue weighted by Crippen LogP contribution is -2.27. The topological polar surface area (TPSA) is 84.8 Å². The first-order valence-corrected chi connectivity index (χ1v) is 5.43. The predicted octanol–water partition coefficient (Wildman–Crippen LogP) is 0.237. The highest BCUT2D eigenvalue weighted by molar-refractivity contribution is 7.92. The van der Waals surface area contributed by atoms with E-state index in [1.165, 1.54) is 0 Å². The van der Waals surface area contributed by atoms with Crippen LogP contribution < -0.4 is 4.72 Å². The van der Waals surface area contributed by atoms with Gasteiger partial charge in [0.15, 0.2) is 5.75 Å². The maximum atomic E-state index is 11.7. The van der Waals surface area contributed by atoms with Gasteiger partial charge < -0.3 is 0 Å². The van der Waals surface area contributed by atoms with Gasteiger partial charge in [-0.25, -0.2) is 8.42 Å². The third-order valence-corrected chi connectivity index (χ3v) is 2.75. The first kappa shape index (κ1) is 11.1. The second kappa shape index (κ2) is 3.65. The van der Waals surface area contributed by atoms with Crippen molar-refractivity contribution in [1.29, 1.82) is 0 Å². The molecule has 11 heteroatoms. The van der Waals surface area contributed by atoms with Crippen LogP contribution in [0.2, 0.25) is 0 Å². The number of rotatable bonds is 3. The average Bonchev–Trinajstić information content (AvgIpc) is 2.31. The first-order chi connectivity index (χ1) is 6.29. The van der Waals surface area contributed by atoms with Crippen LogP contribution >= 0.6 is 11.5 Å². The summed E-state index contributed by atoms with van der Waals surface area (Å²) in [5, 5.41) is 5.85. The molecule has 1 rings (SSSR count). The van der Waals surface area contributed by atoms with Gasteiger partial charge in [-0.15, -0.1) is 0 Å². The number of halogens is 3. The summed E-state index contributed by atoms with van der Waals surface area (Å²) in [6, 6.07) is 0. The smallest absolute Gasteiger partial charge is 0.256 e. The number of sulfonamides is 1. The highest BCUT2D eigenvalue weighted by atomic mass is 32.2. The van der Waals surface area contributed by atoms with Crippen LogP contribution in [-0.4, -0.2) is 35.1 Å². The van der Waals surface area contributed by atoms with Crippen LogP contribution in [0.3, 0.4) is 0 Å². The molecule has 0 spiro atoms. The number of anilines is 1. The number of hydrogen-bond acceptors (Lipinski definition) is 6. The quantitative estimate of drug-likeness (QED) is 0.828. The summed E-state index contributed by atoms with van der Waals surface area (Å²) in [6.07, 6.45) is -4.79. The normalized spacial score (nSPS) is 12.8. The molecule has 1 heterocycles. The van der Waals surface area contributed by atoms with Gasteiger partial charge in [0.25, 0.3) is 0 Å². The molecule has 0 saturated carbocycles. The molecular weight excluding hydrogens is 245 g/mol. The molecule has 0 amide bonds. The van der Waals surface area contributed by atoms with Crippen molar-refractivity contribution in [3.05, 3.63) is 0 Å². The molecule has 0 aliphatic carbocycles. The van der Waals surface area contributed by atoms with Crippen molar-refractivity contribution in [2.24, 2.45) is 0 Å². The zero-order valence-corrected chi connectivity index (χ0v) is 7.95. The fraction of sp³-hybridized carbons (Fsp3) is 0.667. The van der Waals surface area contributed by atoms with E-state index >= 15 is 0 Å². The fourth-order valence-electron chi connectivity index (χ4n) is 0.558. The first-order valence-electron chi connectivity index (χ1n) is 3.01. The second-order valence-corrected chi connectivity index (χ2v) is 4.60. The van der Waals surface area contributed by atoms with Gasteiger partial charge in [0.05, 0.1) is 0 Å². The van der Waals surface area contributed by atoms with Crippen molar-refractivity contribution >= 4 is 26.7 Å². The lowest BCUT2D eigenvalue weighted by atomic mass is 10.8. The monoisotopic (exact) mass is 248 g/mol. The summed E-state index contributed by atoms with van der Waals surface area (Å²) < 4.78 is 61.5. The van der Waals surface area contributed by atoms with Gasteiger partial charge in [0.1, 0.15) is 0 Å². The van der Waals surface area contributed by atoms with Gasteiger partial charge in [-0.2, -0.15) is 13.2 Å². The van der Waals surface area contributed by atoms with Gasteiger partial charge >= 0.3 is 6.18 Å². The van der Waals surface area contributed by atoms with Gasteiger partial charge in [0.2, 0.25) is 15.2 Å². The number of alkyl halides is 3. The van der Waals surface area contributed by atoms with Crippen LogP contribution in [0.15, 0.2) is 0 Å². The highest BCUT2D eigenvalue weighted by Crippen LogP contribution is 2.18. The number of hydrogen-bond donors (Lipinski definition) is 1. The molecule has 0 radical (unpaired) electrons. The highest BCUT2D eigenvalue weighted by Gasteiger charge is 2.35. The van der Waals surface area contributed by atoms with Crippen molar-refractivity contribution in [3.8, 4) is 0 Å². The van der Waals surface area contributed by atoms with Gasteiger partial charge in [0, 0.05) is 11.5 Å². The van der Waals surface area contributed by atoms with E-state index in [0.717, 1.165) is 0 Å². The molecule has 0 bridgehead atoms. The Labute approximate surface area is 80.3 Å². The van der Waals surface area contributed by atoms with E-state index < -0.39 is 22.0 Å². The summed E-state index contributed by atoms with van der Waals surface area (Å²) >= 11 is 0.546. The molecule has 6 nitrogen and oxygen atoms in total. The molecule has 14 heavy (non-hydrogen) atoms. The van der Waals surface area contributed by atoms with E-state index in [4.69, 9.17) is 0 Å². The minimum atomic E-state index is -4.79. The van der Waals surface area contributed by atoms with E-state index in [1.807, 2.05) is 0 Å². The van der Waals surface area contributed by atoms with Crippen LogP contribution in [0.1, 0.15) is 0 Å². The molecule has 0 aliphatic heterocycles. The lowest BCUT2D eigenvalue weighted by Gasteiger charge is -2.06. The van der Waals surface area contributed by atoms with Crippen molar-refractivity contribution < 1.29 is 21.6 Å². The minimum Gasteiger partial charge on any atom is -0.256 e. The minimum absolute atomic E-state index is 0.297. The van der Waals surface area contributed by atoms with Crippen LogP contribution in [-0.2, 0) is 10.0 Å². The lowest BCUT2D eigenvalue weighted by molar-refractivity contribution is -0.106. The molecule has 0 unspecified atom stereocenters. The van der Waals surface area contributed by atoms with Crippen molar-refractivity contribution in [2.45, 2.75) is 6.18 Å². The van der Waals surface area contributed by atoms with E-state index in [9.17, 15) is 21.6 Å². The van der Waals surface area contributed by atoms with Gasteiger partial charge in [-0.05, 0) is 5.21 Å². The number of nitrogens with zero attached hydrogens (tertiary/aromatic N) is 3. The summed E-state index contributed by atoms with van der Waals surface area (Å²) in [7, 11) is -4.47. The molecule has 1 N–H and O–H groups in total. The molecule has 1 aromatic heterocycles. The van der Waals surface area contributed by atoms with Crippen molar-refractivity contribution in [2.75, 3.05) is 10.5 Å². The average molecular weight is 248 g/mol. The number of nitrogens with one attached hydrogen (secondary N) is 1. The zero-order chi connectivity index (χ0) is 10.8. The molecule has 1 aromatic rings. The van der Waals surface area contributed by atoms with E-state index in [2.05, 4.69) is 14.8 Å². The van der Waals surface area contributed by atoms with E-state index in [-0.39, 0.29) is 5.13 Å². The van der Waals surface area contributed by atoms with E-state index in [1.54, 1.807) is 4.72 Å². The molecule has 0 saturated heterocycles. The van der Waals surface area contributed by atoms with Crippen LogP contribution in [0.25, 0.3) is 0 Å². The summed E-state index contributed by atoms with van der Waals surface area (Å²) in [5.41, 5.74) is 0. The van der Waals surface area contributed by atoms with Crippen LogP contribution in [0.4, 0.5) is 18.3 Å². The standard InChI is InChI=1S/C3H3F3N4O2S2/c4-3(5,6)1-14(11,12)8-2-7-9-10-13-2/h1H2,(H,7,8,10). The summed E-state index contributed by atoms with van der Waals surface area (Å²) in [6.45, 7) is 0. The Morgan fingerprint density at radius 1 is 1.43 bits per heavy atom. The molecule has 0 aromatic carbocycles. The molecular formula is C3H3F3N4O2S2. The molecule has 80 valence electrons. The summed E-state index contributed by atoms with van der Waals surface area (Å²) in [5.74, 6) is -1.96. The molecule has 0 atom stereocenters. The van der Waals surface area contributed by atoms with Crippen molar-refractivity contribution in [3.63, 3.8) is 0 Å². The molecule has 0 aliphatic rings. The Kier molecular flexibility index (Phi) is 2.89. The Morgan fingerprint density at radius 3 is 2.50 bits per heavy atom. The predicted molar refractivity (Wildman–Crippen MR) is 41.2 cm³/mol. The van der Waals surface area contributed by atoms with Gasteiger partial charge in [-0.3, -0.25) is 4.72 Å². The van der Waals surface area contributed by atoms with Gasteiger partial charge in [-0.1, -0.05) is 9.59 Å². The van der Waals surface area contributed by atoms with E-state index in [0.29, 0.717) is 11.5 Å². The largest absolute Gasteiger partial charge is 0.404 e. The van der Waals surface area contributed by atoms with Crippen molar-refractivity contribution in [1.82, 2.24) is 14.8 Å². The molecule has 0 fully saturated rings. The Morgan fingerprint density at radius 2 is 2.07 bits per heavy atom.